The quantitative estimate of drug-likeness (QED) is 0.447. The van der Waals surface area contributed by atoms with Crippen molar-refractivity contribution in [2.24, 2.45) is 0 Å². The van der Waals surface area contributed by atoms with E-state index in [9.17, 15) is 18.0 Å². The molecule has 2 aromatic carbocycles. The van der Waals surface area contributed by atoms with Gasteiger partial charge in [-0.3, -0.25) is 4.79 Å². The number of amides is 1. The molecule has 1 aliphatic carbocycles. The Hall–Kier alpha value is -3.73. The van der Waals surface area contributed by atoms with E-state index in [1.165, 1.54) is 6.07 Å². The normalized spacial score (nSPS) is 14.8. The Balaban J connectivity index is 1.48. The molecule has 2 aromatic heterocycles. The van der Waals surface area contributed by atoms with Gasteiger partial charge in [-0.1, -0.05) is 23.7 Å². The van der Waals surface area contributed by atoms with Crippen molar-refractivity contribution in [1.29, 1.82) is 0 Å². The summed E-state index contributed by atoms with van der Waals surface area (Å²) in [5, 5.41) is 21.0. The maximum atomic E-state index is 13.1. The van der Waals surface area contributed by atoms with E-state index in [2.05, 4.69) is 31.0 Å². The summed E-state index contributed by atoms with van der Waals surface area (Å²) in [7, 11) is 0. The third-order valence-corrected chi connectivity index (χ3v) is 5.79. The molecule has 0 aliphatic heterocycles. The van der Waals surface area contributed by atoms with Crippen LogP contribution in [0.25, 0.3) is 17.1 Å². The number of rotatable bonds is 5. The van der Waals surface area contributed by atoms with Crippen LogP contribution in [0.15, 0.2) is 54.9 Å². The number of H-pyrrole nitrogens is 1. The van der Waals surface area contributed by atoms with E-state index in [0.29, 0.717) is 34.8 Å². The van der Waals surface area contributed by atoms with E-state index < -0.39 is 17.2 Å². The highest BCUT2D eigenvalue weighted by atomic mass is 35.5. The second kappa shape index (κ2) is 7.69. The first-order valence-electron chi connectivity index (χ1n) is 9.84. The molecule has 2 N–H and O–H groups in total. The number of carbonyl (C=O) groups excluding carboxylic acids is 1. The fourth-order valence-electron chi connectivity index (χ4n) is 3.68. The van der Waals surface area contributed by atoms with Gasteiger partial charge in [0, 0.05) is 16.9 Å². The fourth-order valence-corrected chi connectivity index (χ4v) is 3.87. The third kappa shape index (κ3) is 3.95. The molecule has 12 heteroatoms. The molecule has 5 rings (SSSR count). The fraction of sp³-hybridized carbons (Fsp3) is 0.190. The number of aromatic nitrogens is 6. The number of tetrazole rings is 1. The van der Waals surface area contributed by atoms with Crippen LogP contribution in [-0.2, 0) is 16.4 Å². The van der Waals surface area contributed by atoms with Crippen LogP contribution in [0.2, 0.25) is 5.02 Å². The highest BCUT2D eigenvalue weighted by Crippen LogP contribution is 2.49. The van der Waals surface area contributed by atoms with Crippen molar-refractivity contribution in [3.63, 3.8) is 0 Å². The van der Waals surface area contributed by atoms with Gasteiger partial charge in [0.1, 0.15) is 0 Å². The highest BCUT2D eigenvalue weighted by molar-refractivity contribution is 6.30. The summed E-state index contributed by atoms with van der Waals surface area (Å²) < 4.78 is 40.2. The van der Waals surface area contributed by atoms with Crippen molar-refractivity contribution < 1.29 is 18.0 Å². The van der Waals surface area contributed by atoms with Crippen LogP contribution in [0.3, 0.4) is 0 Å². The van der Waals surface area contributed by atoms with Crippen LogP contribution >= 0.6 is 11.6 Å². The number of aromatic amines is 1. The minimum Gasteiger partial charge on any atom is -0.325 e. The van der Waals surface area contributed by atoms with Crippen LogP contribution in [0.1, 0.15) is 24.0 Å². The molecule has 0 bridgehead atoms. The Labute approximate surface area is 189 Å². The molecule has 168 valence electrons. The molecule has 2 heterocycles. The van der Waals surface area contributed by atoms with E-state index in [4.69, 9.17) is 11.6 Å². The second-order valence-corrected chi connectivity index (χ2v) is 8.12. The van der Waals surface area contributed by atoms with Gasteiger partial charge >= 0.3 is 6.18 Å². The number of hydrogen-bond acceptors (Lipinski definition) is 5. The lowest BCUT2D eigenvalue weighted by Crippen LogP contribution is -2.27. The Bertz CT molecular complexity index is 1330. The first kappa shape index (κ1) is 21.1. The Morgan fingerprint density at radius 1 is 1.18 bits per heavy atom. The monoisotopic (exact) mass is 473 g/mol. The van der Waals surface area contributed by atoms with Gasteiger partial charge in [-0.05, 0) is 54.0 Å². The van der Waals surface area contributed by atoms with Gasteiger partial charge in [-0.25, -0.2) is 4.68 Å². The number of hydrogen-bond donors (Lipinski definition) is 2. The van der Waals surface area contributed by atoms with E-state index >= 15 is 0 Å². The summed E-state index contributed by atoms with van der Waals surface area (Å²) in [4.78, 5) is 13.1. The van der Waals surface area contributed by atoms with Crippen LogP contribution in [0.5, 0.6) is 0 Å². The van der Waals surface area contributed by atoms with Crippen molar-refractivity contribution in [2.45, 2.75) is 24.4 Å². The molecular weight excluding hydrogens is 459 g/mol. The predicted octanol–water partition coefficient (Wildman–Crippen LogP) is 4.39. The zero-order chi connectivity index (χ0) is 23.2. The van der Waals surface area contributed by atoms with Gasteiger partial charge in [-0.15, -0.1) is 10.2 Å². The van der Waals surface area contributed by atoms with Gasteiger partial charge < -0.3 is 5.32 Å². The average Bonchev–Trinajstić information content (AvgIpc) is 3.17. The van der Waals surface area contributed by atoms with E-state index in [1.54, 1.807) is 30.3 Å². The van der Waals surface area contributed by atoms with Crippen molar-refractivity contribution >= 4 is 23.2 Å². The van der Waals surface area contributed by atoms with Crippen molar-refractivity contribution in [3.8, 4) is 17.1 Å². The van der Waals surface area contributed by atoms with Crippen LogP contribution in [0.4, 0.5) is 18.9 Å². The Morgan fingerprint density at radius 3 is 2.64 bits per heavy atom. The lowest BCUT2D eigenvalue weighted by molar-refractivity contribution is -0.137. The van der Waals surface area contributed by atoms with Gasteiger partial charge in [0.05, 0.1) is 28.4 Å². The summed E-state index contributed by atoms with van der Waals surface area (Å²) in [6.45, 7) is 0. The maximum Gasteiger partial charge on any atom is 0.419 e. The van der Waals surface area contributed by atoms with E-state index in [-0.39, 0.29) is 11.7 Å². The zero-order valence-corrected chi connectivity index (χ0v) is 17.5. The standard InChI is InChI=1S/C21H15ClF3N7O/c22-14-3-1-2-12(8-14)20(6-7-20)19(33)27-15-4-5-17(16(9-15)18-28-30-31-29-18)32-11-13(10-26-32)21(23,24)25/h1-5,8-11H,6-7H2,(H,27,33)(H,28,29,30,31). The van der Waals surface area contributed by atoms with Crippen molar-refractivity contribution in [2.75, 3.05) is 5.32 Å². The minimum atomic E-state index is -4.53. The smallest absolute Gasteiger partial charge is 0.325 e. The molecule has 0 atom stereocenters. The van der Waals surface area contributed by atoms with Crippen LogP contribution in [0, 0.1) is 0 Å². The molecule has 0 spiro atoms. The largest absolute Gasteiger partial charge is 0.419 e. The summed E-state index contributed by atoms with van der Waals surface area (Å²) in [6, 6.07) is 11.9. The predicted molar refractivity (Wildman–Crippen MR) is 113 cm³/mol. The SMILES string of the molecule is O=C(Nc1ccc(-n2cc(C(F)(F)F)cn2)c(-c2nn[nH]n2)c1)C1(c2cccc(Cl)c2)CC1. The Kier molecular flexibility index (Phi) is 4.93. The maximum absolute atomic E-state index is 13.1. The molecule has 8 nitrogen and oxygen atoms in total. The van der Waals surface area contributed by atoms with Gasteiger partial charge in [0.2, 0.25) is 11.7 Å². The molecule has 0 unspecified atom stereocenters. The molecule has 1 aliphatic rings. The molecule has 1 amide bonds. The van der Waals surface area contributed by atoms with Crippen LogP contribution in [-0.4, -0.2) is 36.3 Å². The first-order chi connectivity index (χ1) is 15.8. The number of benzene rings is 2. The Morgan fingerprint density at radius 2 is 2.00 bits per heavy atom. The lowest BCUT2D eigenvalue weighted by atomic mass is 9.95. The number of halogens is 4. The number of nitrogens with zero attached hydrogens (tertiary/aromatic N) is 5. The van der Waals surface area contributed by atoms with Crippen molar-refractivity contribution in [1.82, 2.24) is 30.4 Å². The van der Waals surface area contributed by atoms with Gasteiger partial charge in [0.15, 0.2) is 0 Å². The summed E-state index contributed by atoms with van der Waals surface area (Å²) in [6.07, 6.45) is -1.56. The summed E-state index contributed by atoms with van der Waals surface area (Å²) in [5.41, 5.74) is 0.334. The van der Waals surface area contributed by atoms with E-state index in [1.807, 2.05) is 6.07 Å². The molecule has 33 heavy (non-hydrogen) atoms. The first-order valence-corrected chi connectivity index (χ1v) is 10.2. The van der Waals surface area contributed by atoms with Gasteiger partial charge in [0.25, 0.3) is 0 Å². The molecule has 4 aromatic rings. The topological polar surface area (TPSA) is 101 Å². The molecule has 1 saturated carbocycles. The number of nitrogens with one attached hydrogen (secondary N) is 2. The lowest BCUT2D eigenvalue weighted by Gasteiger charge is -2.17. The molecule has 0 radical (unpaired) electrons. The molecule has 0 saturated heterocycles. The molecule has 1 fully saturated rings. The number of carbonyl (C=O) groups is 1. The third-order valence-electron chi connectivity index (χ3n) is 5.56. The number of alkyl halides is 3. The summed E-state index contributed by atoms with van der Waals surface area (Å²) in [5.74, 6) is -0.0591. The summed E-state index contributed by atoms with van der Waals surface area (Å²) >= 11 is 6.09. The second-order valence-electron chi connectivity index (χ2n) is 7.69. The van der Waals surface area contributed by atoms with Crippen LogP contribution < -0.4 is 5.32 Å². The number of anilines is 1. The van der Waals surface area contributed by atoms with Crippen molar-refractivity contribution in [3.05, 3.63) is 71.0 Å². The van der Waals surface area contributed by atoms with Gasteiger partial charge in [-0.2, -0.15) is 23.5 Å². The molecular formula is C21H15ClF3N7O. The zero-order valence-electron chi connectivity index (χ0n) is 16.8. The average molecular weight is 474 g/mol. The highest BCUT2D eigenvalue weighted by Gasteiger charge is 2.51. The minimum absolute atomic E-state index is 0.140. The van der Waals surface area contributed by atoms with E-state index in [0.717, 1.165) is 22.6 Å².